The number of rotatable bonds is 2. The summed E-state index contributed by atoms with van der Waals surface area (Å²) >= 11 is 0. The van der Waals surface area contributed by atoms with Crippen LogP contribution in [0.2, 0.25) is 0 Å². The molecule has 2 heteroatoms. The second-order valence-corrected chi connectivity index (χ2v) is 13.5. The number of hydrogen-bond acceptors (Lipinski definition) is 2. The minimum Gasteiger partial charge on any atom is -0.455 e. The molecule has 2 nitrogen and oxygen atoms in total. The molecule has 5 aromatic rings. The Bertz CT molecular complexity index is 1580. The molecule has 37 heavy (non-hydrogen) atoms. The van der Waals surface area contributed by atoms with Crippen molar-refractivity contribution in [1.82, 2.24) is 4.98 Å². The van der Waals surface area contributed by atoms with Crippen LogP contribution < -0.4 is 0 Å². The fourth-order valence-corrected chi connectivity index (χ4v) is 4.89. The summed E-state index contributed by atoms with van der Waals surface area (Å²) in [4.78, 5) is 4.67. The van der Waals surface area contributed by atoms with Crippen molar-refractivity contribution in [3.8, 4) is 22.4 Å². The van der Waals surface area contributed by atoms with Gasteiger partial charge in [-0.3, -0.25) is 4.98 Å². The molecule has 5 rings (SSSR count). The predicted molar refractivity (Wildman–Crippen MR) is 158 cm³/mol. The molecule has 0 fully saturated rings. The van der Waals surface area contributed by atoms with Gasteiger partial charge in [-0.1, -0.05) is 105 Å². The highest BCUT2D eigenvalue weighted by Crippen LogP contribution is 2.40. The lowest BCUT2D eigenvalue weighted by atomic mass is 9.79. The molecule has 0 atom stereocenters. The highest BCUT2D eigenvalue weighted by molar-refractivity contribution is 6.10. The van der Waals surface area contributed by atoms with Gasteiger partial charge in [-0.2, -0.15) is 0 Å². The van der Waals surface area contributed by atoms with Gasteiger partial charge in [0.2, 0.25) is 0 Å². The zero-order chi connectivity index (χ0) is 26.8. The van der Waals surface area contributed by atoms with E-state index in [1.54, 1.807) is 0 Å². The minimum atomic E-state index is 0.0568. The van der Waals surface area contributed by atoms with Crippen LogP contribution in [0, 0.1) is 0 Å². The van der Waals surface area contributed by atoms with E-state index in [0.29, 0.717) is 0 Å². The zero-order valence-corrected chi connectivity index (χ0v) is 23.8. The van der Waals surface area contributed by atoms with Crippen LogP contribution in [-0.2, 0) is 16.2 Å². The van der Waals surface area contributed by atoms with Crippen LogP contribution in [-0.4, -0.2) is 4.98 Å². The van der Waals surface area contributed by atoms with Crippen molar-refractivity contribution in [2.45, 2.75) is 78.6 Å². The van der Waals surface area contributed by atoms with E-state index in [1.807, 2.05) is 6.20 Å². The average molecular weight is 490 g/mol. The maximum Gasteiger partial charge on any atom is 0.143 e. The number of pyridine rings is 1. The largest absolute Gasteiger partial charge is 0.455 e. The second-order valence-electron chi connectivity index (χ2n) is 13.5. The lowest BCUT2D eigenvalue weighted by Gasteiger charge is -2.26. The molecule has 0 spiro atoms. The summed E-state index contributed by atoms with van der Waals surface area (Å²) in [5.41, 5.74) is 10.4. The van der Waals surface area contributed by atoms with Crippen LogP contribution in [0.25, 0.3) is 44.3 Å². The molecule has 0 radical (unpaired) electrons. The summed E-state index contributed by atoms with van der Waals surface area (Å²) in [6.07, 6.45) is 1.91. The fraction of sp³-hybridized carbons (Fsp3) is 0.343. The molecule has 0 saturated carbocycles. The quantitative estimate of drug-likeness (QED) is 0.246. The molecule has 3 aromatic carbocycles. The van der Waals surface area contributed by atoms with E-state index in [9.17, 15) is 0 Å². The van der Waals surface area contributed by atoms with Crippen molar-refractivity contribution >= 4 is 21.9 Å². The highest BCUT2D eigenvalue weighted by Gasteiger charge is 2.22. The summed E-state index contributed by atoms with van der Waals surface area (Å²) in [5.74, 6) is 0. The summed E-state index contributed by atoms with van der Waals surface area (Å²) in [6.45, 7) is 20.4. The normalized spacial score (nSPS) is 13.0. The molecule has 0 amide bonds. The Morgan fingerprint density at radius 2 is 1.22 bits per heavy atom. The molecule has 0 bridgehead atoms. The molecule has 190 valence electrons. The van der Waals surface area contributed by atoms with Crippen LogP contribution in [0.1, 0.15) is 79.0 Å². The molecule has 0 N–H and O–H groups in total. The van der Waals surface area contributed by atoms with Gasteiger partial charge in [0.05, 0.1) is 5.69 Å². The van der Waals surface area contributed by atoms with Crippen molar-refractivity contribution in [2.24, 2.45) is 0 Å². The van der Waals surface area contributed by atoms with Crippen molar-refractivity contribution in [3.05, 3.63) is 89.6 Å². The molecule has 0 aliphatic heterocycles. The summed E-state index contributed by atoms with van der Waals surface area (Å²) in [6, 6.07) is 24.3. The van der Waals surface area contributed by atoms with E-state index >= 15 is 0 Å². The summed E-state index contributed by atoms with van der Waals surface area (Å²) in [7, 11) is 0. The second kappa shape index (κ2) is 8.58. The lowest BCUT2D eigenvalue weighted by molar-refractivity contribution is 0.569. The maximum atomic E-state index is 6.62. The molecule has 2 heterocycles. The van der Waals surface area contributed by atoms with Crippen molar-refractivity contribution in [2.75, 3.05) is 0 Å². The standard InChI is InChI=1S/C35H39NO/c1-33(2,3)24-15-16-36-30(21-24)22-13-14-28-29-12-10-11-27(32(29)37-31(28)19-22)23-17-25(34(4,5)6)20-26(18-23)35(7,8)9/h10-21H,1-9H3. The van der Waals surface area contributed by atoms with Crippen molar-refractivity contribution in [1.29, 1.82) is 0 Å². The predicted octanol–water partition coefficient (Wildman–Crippen LogP) is 10.2. The molecular weight excluding hydrogens is 450 g/mol. The van der Waals surface area contributed by atoms with E-state index in [-0.39, 0.29) is 16.2 Å². The SMILES string of the molecule is CC(C)(C)c1cc(-c2cccc3c2oc2cc(-c4cc(C(C)(C)C)ccn4)ccc23)cc(C(C)(C)C)c1. The number of para-hydroxylation sites is 1. The Morgan fingerprint density at radius 3 is 1.84 bits per heavy atom. The van der Waals surface area contributed by atoms with Crippen LogP contribution in [0.4, 0.5) is 0 Å². The van der Waals surface area contributed by atoms with Gasteiger partial charge in [-0.25, -0.2) is 0 Å². The number of fused-ring (bicyclic) bond motifs is 3. The summed E-state index contributed by atoms with van der Waals surface area (Å²) in [5, 5.41) is 2.28. The molecule has 0 unspecified atom stereocenters. The maximum absolute atomic E-state index is 6.62. The van der Waals surface area contributed by atoms with Gasteiger partial charge < -0.3 is 4.42 Å². The van der Waals surface area contributed by atoms with Gasteiger partial charge in [0, 0.05) is 28.1 Å². The summed E-state index contributed by atoms with van der Waals surface area (Å²) < 4.78 is 6.62. The topological polar surface area (TPSA) is 26.0 Å². The third-order valence-electron chi connectivity index (χ3n) is 7.40. The number of nitrogens with zero attached hydrogens (tertiary/aromatic N) is 1. The van der Waals surface area contributed by atoms with Crippen molar-refractivity contribution in [3.63, 3.8) is 0 Å². The first-order valence-corrected chi connectivity index (χ1v) is 13.3. The van der Waals surface area contributed by atoms with E-state index in [1.165, 1.54) is 22.3 Å². The van der Waals surface area contributed by atoms with E-state index in [2.05, 4.69) is 134 Å². The number of furan rings is 1. The third kappa shape index (κ3) is 4.82. The molecule has 2 aromatic heterocycles. The number of aromatic nitrogens is 1. The monoisotopic (exact) mass is 489 g/mol. The Morgan fingerprint density at radius 1 is 0.568 bits per heavy atom. The van der Waals surface area contributed by atoms with E-state index < -0.39 is 0 Å². The fourth-order valence-electron chi connectivity index (χ4n) is 4.89. The van der Waals surface area contributed by atoms with E-state index in [0.717, 1.165) is 38.8 Å². The van der Waals surface area contributed by atoms with Gasteiger partial charge in [0.15, 0.2) is 0 Å². The molecule has 0 saturated heterocycles. The Balaban J connectivity index is 1.69. The van der Waals surface area contributed by atoms with Gasteiger partial charge >= 0.3 is 0 Å². The molecule has 0 aliphatic carbocycles. The van der Waals surface area contributed by atoms with Crippen LogP contribution in [0.3, 0.4) is 0 Å². The zero-order valence-electron chi connectivity index (χ0n) is 23.8. The van der Waals surface area contributed by atoms with Crippen LogP contribution >= 0.6 is 0 Å². The Hall–Kier alpha value is -3.39. The van der Waals surface area contributed by atoms with Crippen LogP contribution in [0.15, 0.2) is 77.3 Å². The molecular formula is C35H39NO. The smallest absolute Gasteiger partial charge is 0.143 e. The Labute approximate surface area is 221 Å². The first-order chi connectivity index (χ1) is 17.2. The first-order valence-electron chi connectivity index (χ1n) is 13.3. The first kappa shape index (κ1) is 25.3. The van der Waals surface area contributed by atoms with Gasteiger partial charge in [0.1, 0.15) is 11.2 Å². The molecule has 0 aliphatic rings. The van der Waals surface area contributed by atoms with E-state index in [4.69, 9.17) is 4.42 Å². The van der Waals surface area contributed by atoms with Crippen molar-refractivity contribution < 1.29 is 4.42 Å². The highest BCUT2D eigenvalue weighted by atomic mass is 16.3. The van der Waals surface area contributed by atoms with Gasteiger partial charge in [0.25, 0.3) is 0 Å². The van der Waals surface area contributed by atoms with Gasteiger partial charge in [-0.15, -0.1) is 0 Å². The third-order valence-corrected chi connectivity index (χ3v) is 7.40. The van der Waals surface area contributed by atoms with Gasteiger partial charge in [-0.05, 0) is 62.8 Å². The number of hydrogen-bond donors (Lipinski definition) is 0. The number of benzene rings is 3. The minimum absolute atomic E-state index is 0.0568. The van der Waals surface area contributed by atoms with Crippen LogP contribution in [0.5, 0.6) is 0 Å². The Kier molecular flexibility index (Phi) is 5.86. The lowest BCUT2D eigenvalue weighted by Crippen LogP contribution is -2.16. The average Bonchev–Trinajstić information content (AvgIpc) is 3.20.